The van der Waals surface area contributed by atoms with Crippen LogP contribution in [0.15, 0.2) is 78.2 Å². The van der Waals surface area contributed by atoms with Crippen molar-refractivity contribution in [1.82, 2.24) is 9.55 Å². The number of benzene rings is 2. The third-order valence-electron chi connectivity index (χ3n) is 3.47. The molecular formula is C19H16N2O. The normalized spacial score (nSPS) is 10.4. The first kappa shape index (κ1) is 14.0. The lowest BCUT2D eigenvalue weighted by Crippen LogP contribution is -2.24. The zero-order chi connectivity index (χ0) is 15.5. The molecule has 1 heterocycles. The molecule has 3 rings (SSSR count). The van der Waals surface area contributed by atoms with Gasteiger partial charge in [-0.15, -0.1) is 0 Å². The maximum Gasteiger partial charge on any atom is 0.265 e. The van der Waals surface area contributed by atoms with Crippen LogP contribution in [0.25, 0.3) is 22.6 Å². The number of hydrogen-bond donors (Lipinski definition) is 0. The maximum absolute atomic E-state index is 12.9. The second-order valence-corrected chi connectivity index (χ2v) is 5.12. The Morgan fingerprint density at radius 2 is 1.59 bits per heavy atom. The van der Waals surface area contributed by atoms with Gasteiger partial charge in [-0.2, -0.15) is 0 Å². The molecule has 0 atom stereocenters. The van der Waals surface area contributed by atoms with Gasteiger partial charge in [0, 0.05) is 11.8 Å². The highest BCUT2D eigenvalue weighted by atomic mass is 16.1. The predicted molar refractivity (Wildman–Crippen MR) is 90.0 cm³/mol. The fourth-order valence-corrected chi connectivity index (χ4v) is 2.36. The Morgan fingerprint density at radius 3 is 2.18 bits per heavy atom. The molecule has 3 nitrogen and oxygen atoms in total. The van der Waals surface area contributed by atoms with E-state index in [0.29, 0.717) is 17.0 Å². The van der Waals surface area contributed by atoms with Gasteiger partial charge in [0.05, 0.1) is 11.3 Å². The van der Waals surface area contributed by atoms with Crippen molar-refractivity contribution in [3.8, 4) is 17.1 Å². The highest BCUT2D eigenvalue weighted by Crippen LogP contribution is 2.20. The molecule has 0 aliphatic carbocycles. The van der Waals surface area contributed by atoms with Gasteiger partial charge in [-0.25, -0.2) is 4.98 Å². The van der Waals surface area contributed by atoms with Gasteiger partial charge < -0.3 is 0 Å². The minimum atomic E-state index is -0.104. The van der Waals surface area contributed by atoms with Gasteiger partial charge in [0.25, 0.3) is 5.56 Å². The second-order valence-electron chi connectivity index (χ2n) is 5.12. The molecular weight excluding hydrogens is 272 g/mol. The monoisotopic (exact) mass is 288 g/mol. The Kier molecular flexibility index (Phi) is 3.71. The van der Waals surface area contributed by atoms with Crippen molar-refractivity contribution >= 4 is 5.57 Å². The zero-order valence-electron chi connectivity index (χ0n) is 12.4. The lowest BCUT2D eigenvalue weighted by molar-refractivity contribution is 0.941. The highest BCUT2D eigenvalue weighted by molar-refractivity contribution is 5.64. The van der Waals surface area contributed by atoms with Crippen LogP contribution in [0.1, 0.15) is 12.5 Å². The standard InChI is InChI=1S/C19H16N2O/c1-14(2)17-13-20-18(15-9-5-3-6-10-15)21(19(17)22)16-11-7-4-8-12-16/h3-13H,1H2,2H3. The fraction of sp³-hybridized carbons (Fsp3) is 0.0526. The molecule has 0 aliphatic heterocycles. The molecule has 0 radical (unpaired) electrons. The Morgan fingerprint density at radius 1 is 1.00 bits per heavy atom. The quantitative estimate of drug-likeness (QED) is 0.732. The van der Waals surface area contributed by atoms with Crippen LogP contribution in [0.4, 0.5) is 0 Å². The molecule has 2 aromatic carbocycles. The Hall–Kier alpha value is -2.94. The summed E-state index contributed by atoms with van der Waals surface area (Å²) in [4.78, 5) is 17.4. The first-order valence-corrected chi connectivity index (χ1v) is 7.07. The topological polar surface area (TPSA) is 34.9 Å². The Balaban J connectivity index is 2.35. The molecule has 1 aromatic heterocycles. The molecule has 3 heteroatoms. The van der Waals surface area contributed by atoms with Crippen LogP contribution in [0.5, 0.6) is 0 Å². The summed E-state index contributed by atoms with van der Waals surface area (Å²) in [5.41, 5.74) is 2.83. The van der Waals surface area contributed by atoms with Gasteiger partial charge in [0.15, 0.2) is 0 Å². The van der Waals surface area contributed by atoms with Gasteiger partial charge in [-0.3, -0.25) is 9.36 Å². The van der Waals surface area contributed by atoms with E-state index in [1.54, 1.807) is 10.8 Å². The minimum absolute atomic E-state index is 0.104. The molecule has 0 spiro atoms. The second kappa shape index (κ2) is 5.82. The molecule has 0 fully saturated rings. The van der Waals surface area contributed by atoms with Crippen LogP contribution in [0.3, 0.4) is 0 Å². The third-order valence-corrected chi connectivity index (χ3v) is 3.47. The number of allylic oxidation sites excluding steroid dienone is 1. The summed E-state index contributed by atoms with van der Waals surface area (Å²) in [6, 6.07) is 19.2. The smallest absolute Gasteiger partial charge is 0.265 e. The van der Waals surface area contributed by atoms with Crippen molar-refractivity contribution in [3.05, 3.63) is 89.4 Å². The van der Waals surface area contributed by atoms with E-state index in [-0.39, 0.29) is 5.56 Å². The number of aromatic nitrogens is 2. The van der Waals surface area contributed by atoms with Gasteiger partial charge in [0.1, 0.15) is 5.82 Å². The molecule has 0 aliphatic rings. The molecule has 108 valence electrons. The first-order valence-electron chi connectivity index (χ1n) is 7.07. The van der Waals surface area contributed by atoms with Crippen LogP contribution in [0.2, 0.25) is 0 Å². The van der Waals surface area contributed by atoms with E-state index < -0.39 is 0 Å². The van der Waals surface area contributed by atoms with Crippen LogP contribution in [-0.2, 0) is 0 Å². The van der Waals surface area contributed by atoms with E-state index in [1.807, 2.05) is 67.6 Å². The molecule has 0 N–H and O–H groups in total. The van der Waals surface area contributed by atoms with Crippen molar-refractivity contribution in [1.29, 1.82) is 0 Å². The lowest BCUT2D eigenvalue weighted by Gasteiger charge is -2.14. The molecule has 3 aromatic rings. The maximum atomic E-state index is 12.9. The SMILES string of the molecule is C=C(C)c1cnc(-c2ccccc2)n(-c2ccccc2)c1=O. The van der Waals surface area contributed by atoms with E-state index in [1.165, 1.54) is 0 Å². The van der Waals surface area contributed by atoms with Gasteiger partial charge in [0.2, 0.25) is 0 Å². The van der Waals surface area contributed by atoms with Crippen molar-refractivity contribution in [2.75, 3.05) is 0 Å². The Bertz CT molecular complexity index is 865. The number of rotatable bonds is 3. The van der Waals surface area contributed by atoms with Crippen molar-refractivity contribution in [2.24, 2.45) is 0 Å². The van der Waals surface area contributed by atoms with E-state index in [2.05, 4.69) is 11.6 Å². The fourth-order valence-electron chi connectivity index (χ4n) is 2.36. The number of para-hydroxylation sites is 1. The molecule has 0 saturated heterocycles. The third kappa shape index (κ3) is 2.49. The predicted octanol–water partition coefficient (Wildman–Crippen LogP) is 3.93. The lowest BCUT2D eigenvalue weighted by atomic mass is 10.1. The Labute approximate surface area is 129 Å². The number of hydrogen-bond acceptors (Lipinski definition) is 2. The molecule has 22 heavy (non-hydrogen) atoms. The van der Waals surface area contributed by atoms with Crippen molar-refractivity contribution < 1.29 is 0 Å². The van der Waals surface area contributed by atoms with Crippen LogP contribution in [0, 0.1) is 0 Å². The summed E-state index contributed by atoms with van der Waals surface area (Å²) in [6.07, 6.45) is 1.60. The minimum Gasteiger partial charge on any atom is -0.268 e. The number of nitrogens with zero attached hydrogens (tertiary/aromatic N) is 2. The summed E-state index contributed by atoms with van der Waals surface area (Å²) in [5.74, 6) is 0.627. The molecule has 0 amide bonds. The van der Waals surface area contributed by atoms with E-state index in [0.717, 1.165) is 11.3 Å². The summed E-state index contributed by atoms with van der Waals surface area (Å²) >= 11 is 0. The molecule has 0 saturated carbocycles. The highest BCUT2D eigenvalue weighted by Gasteiger charge is 2.13. The van der Waals surface area contributed by atoms with Crippen molar-refractivity contribution in [2.45, 2.75) is 6.92 Å². The van der Waals surface area contributed by atoms with Crippen molar-refractivity contribution in [3.63, 3.8) is 0 Å². The summed E-state index contributed by atoms with van der Waals surface area (Å²) in [5, 5.41) is 0. The van der Waals surface area contributed by atoms with E-state index in [4.69, 9.17) is 0 Å². The van der Waals surface area contributed by atoms with Gasteiger partial charge in [-0.1, -0.05) is 55.1 Å². The zero-order valence-corrected chi connectivity index (χ0v) is 12.4. The van der Waals surface area contributed by atoms with E-state index in [9.17, 15) is 4.79 Å². The summed E-state index contributed by atoms with van der Waals surface area (Å²) in [7, 11) is 0. The average molecular weight is 288 g/mol. The first-order chi connectivity index (χ1) is 10.7. The van der Waals surface area contributed by atoms with E-state index >= 15 is 0 Å². The molecule has 0 bridgehead atoms. The van der Waals surface area contributed by atoms with Gasteiger partial charge >= 0.3 is 0 Å². The largest absolute Gasteiger partial charge is 0.268 e. The molecule has 0 unspecified atom stereocenters. The van der Waals surface area contributed by atoms with Crippen LogP contribution < -0.4 is 5.56 Å². The average Bonchev–Trinajstić information content (AvgIpc) is 2.55. The van der Waals surface area contributed by atoms with Gasteiger partial charge in [-0.05, 0) is 24.6 Å². The summed E-state index contributed by atoms with van der Waals surface area (Å²) < 4.78 is 1.64. The van der Waals surface area contributed by atoms with Crippen LogP contribution in [-0.4, -0.2) is 9.55 Å². The summed E-state index contributed by atoms with van der Waals surface area (Å²) in [6.45, 7) is 5.69. The van der Waals surface area contributed by atoms with Crippen LogP contribution >= 0.6 is 0 Å².